The molecule has 0 radical (unpaired) electrons. The number of halogens is 1. The second-order valence-electron chi connectivity index (χ2n) is 6.06. The van der Waals surface area contributed by atoms with Crippen molar-refractivity contribution in [2.75, 3.05) is 7.05 Å². The summed E-state index contributed by atoms with van der Waals surface area (Å²) in [4.78, 5) is 0. The van der Waals surface area contributed by atoms with E-state index in [4.69, 9.17) is 11.6 Å². The number of hydrogen-bond acceptors (Lipinski definition) is 1. The van der Waals surface area contributed by atoms with Gasteiger partial charge in [0.2, 0.25) is 0 Å². The fourth-order valence-electron chi connectivity index (χ4n) is 2.16. The van der Waals surface area contributed by atoms with Gasteiger partial charge in [-0.25, -0.2) is 0 Å². The molecule has 0 bridgehead atoms. The van der Waals surface area contributed by atoms with Crippen LogP contribution in [0.2, 0.25) is 5.02 Å². The molecule has 0 aliphatic rings. The van der Waals surface area contributed by atoms with Gasteiger partial charge in [-0.15, -0.1) is 0 Å². The van der Waals surface area contributed by atoms with Crippen molar-refractivity contribution in [3.63, 3.8) is 0 Å². The zero-order valence-corrected chi connectivity index (χ0v) is 12.6. The third-order valence-corrected chi connectivity index (χ3v) is 3.49. The van der Waals surface area contributed by atoms with Gasteiger partial charge in [0.05, 0.1) is 0 Å². The van der Waals surface area contributed by atoms with Crippen LogP contribution in [0.1, 0.15) is 49.9 Å². The lowest BCUT2D eigenvalue weighted by atomic mass is 9.84. The number of aryl methyl sites for hydroxylation is 2. The molecule has 17 heavy (non-hydrogen) atoms. The summed E-state index contributed by atoms with van der Waals surface area (Å²) in [6.07, 6.45) is 1.12. The SMILES string of the molecule is CNC(CC(C)(C)C)c1cc(C)c(Cl)cc1C. The summed E-state index contributed by atoms with van der Waals surface area (Å²) in [5.74, 6) is 0. The van der Waals surface area contributed by atoms with Gasteiger partial charge in [-0.3, -0.25) is 0 Å². The Bertz CT molecular complexity index is 391. The Morgan fingerprint density at radius 3 is 2.24 bits per heavy atom. The predicted octanol–water partition coefficient (Wildman–Crippen LogP) is 4.65. The van der Waals surface area contributed by atoms with E-state index in [1.165, 1.54) is 11.1 Å². The Morgan fingerprint density at radius 2 is 1.76 bits per heavy atom. The number of hydrogen-bond donors (Lipinski definition) is 1. The zero-order valence-electron chi connectivity index (χ0n) is 11.8. The summed E-state index contributed by atoms with van der Waals surface area (Å²) in [6.45, 7) is 11.0. The fourth-order valence-corrected chi connectivity index (χ4v) is 2.38. The maximum Gasteiger partial charge on any atom is 0.0438 e. The summed E-state index contributed by atoms with van der Waals surface area (Å²) in [5, 5.41) is 4.28. The van der Waals surface area contributed by atoms with E-state index >= 15 is 0 Å². The quantitative estimate of drug-likeness (QED) is 0.827. The Labute approximate surface area is 111 Å². The molecule has 0 aliphatic heterocycles. The van der Waals surface area contributed by atoms with Gasteiger partial charge in [0.25, 0.3) is 0 Å². The van der Waals surface area contributed by atoms with Crippen molar-refractivity contribution in [1.29, 1.82) is 0 Å². The van der Waals surface area contributed by atoms with Gasteiger partial charge in [0.15, 0.2) is 0 Å². The Hall–Kier alpha value is -0.530. The maximum absolute atomic E-state index is 6.15. The van der Waals surface area contributed by atoms with Crippen LogP contribution in [0.5, 0.6) is 0 Å². The highest BCUT2D eigenvalue weighted by molar-refractivity contribution is 6.31. The van der Waals surface area contributed by atoms with Crippen LogP contribution in [-0.2, 0) is 0 Å². The van der Waals surface area contributed by atoms with E-state index in [-0.39, 0.29) is 0 Å². The molecule has 0 spiro atoms. The van der Waals surface area contributed by atoms with Crippen molar-refractivity contribution >= 4 is 11.6 Å². The minimum absolute atomic E-state index is 0.313. The molecule has 1 aromatic carbocycles. The monoisotopic (exact) mass is 253 g/mol. The summed E-state index contributed by atoms with van der Waals surface area (Å²) < 4.78 is 0. The summed E-state index contributed by atoms with van der Waals surface area (Å²) in [6, 6.07) is 4.68. The summed E-state index contributed by atoms with van der Waals surface area (Å²) in [7, 11) is 2.03. The molecule has 0 heterocycles. The molecule has 1 nitrogen and oxygen atoms in total. The van der Waals surface area contributed by atoms with Crippen LogP contribution in [0.3, 0.4) is 0 Å². The largest absolute Gasteiger partial charge is 0.313 e. The molecule has 1 atom stereocenters. The topological polar surface area (TPSA) is 12.0 Å². The molecular weight excluding hydrogens is 230 g/mol. The van der Waals surface area contributed by atoms with Gasteiger partial charge in [-0.2, -0.15) is 0 Å². The average Bonchev–Trinajstić information content (AvgIpc) is 2.19. The van der Waals surface area contributed by atoms with Crippen molar-refractivity contribution < 1.29 is 0 Å². The van der Waals surface area contributed by atoms with Crippen LogP contribution >= 0.6 is 11.6 Å². The molecular formula is C15H24ClN. The van der Waals surface area contributed by atoms with Gasteiger partial charge in [0, 0.05) is 11.1 Å². The van der Waals surface area contributed by atoms with Gasteiger partial charge in [0.1, 0.15) is 0 Å². The highest BCUT2D eigenvalue weighted by Crippen LogP contribution is 2.32. The first kappa shape index (κ1) is 14.5. The second-order valence-corrected chi connectivity index (χ2v) is 6.47. The average molecular weight is 254 g/mol. The van der Waals surface area contributed by atoms with Crippen molar-refractivity contribution in [2.24, 2.45) is 5.41 Å². The predicted molar refractivity (Wildman–Crippen MR) is 76.8 cm³/mol. The minimum Gasteiger partial charge on any atom is -0.313 e. The minimum atomic E-state index is 0.313. The Kier molecular flexibility index (Phi) is 4.62. The Morgan fingerprint density at radius 1 is 1.18 bits per heavy atom. The molecule has 96 valence electrons. The van der Waals surface area contributed by atoms with E-state index in [9.17, 15) is 0 Å². The highest BCUT2D eigenvalue weighted by atomic mass is 35.5. The van der Waals surface area contributed by atoms with Crippen molar-refractivity contribution in [3.8, 4) is 0 Å². The first-order valence-electron chi connectivity index (χ1n) is 6.18. The molecule has 0 saturated heterocycles. The van der Waals surface area contributed by atoms with Crippen LogP contribution in [0.15, 0.2) is 12.1 Å². The number of rotatable bonds is 3. The second kappa shape index (κ2) is 5.41. The van der Waals surface area contributed by atoms with Crippen molar-refractivity contribution in [2.45, 2.75) is 47.1 Å². The lowest BCUT2D eigenvalue weighted by molar-refractivity contribution is 0.320. The smallest absolute Gasteiger partial charge is 0.0438 e. The standard InChI is InChI=1S/C15H24ClN/c1-10-8-13(16)11(2)7-12(10)14(17-6)9-15(3,4)5/h7-8,14,17H,9H2,1-6H3. The van der Waals surface area contributed by atoms with E-state index in [1.807, 2.05) is 7.05 Å². The van der Waals surface area contributed by atoms with Crippen molar-refractivity contribution in [1.82, 2.24) is 5.32 Å². The highest BCUT2D eigenvalue weighted by Gasteiger charge is 2.20. The van der Waals surface area contributed by atoms with Crippen molar-refractivity contribution in [3.05, 3.63) is 33.8 Å². The maximum atomic E-state index is 6.15. The van der Waals surface area contributed by atoms with Gasteiger partial charge < -0.3 is 5.32 Å². The molecule has 0 saturated carbocycles. The van der Waals surface area contributed by atoms with E-state index in [1.54, 1.807) is 0 Å². The van der Waals surface area contributed by atoms with Gasteiger partial charge >= 0.3 is 0 Å². The van der Waals surface area contributed by atoms with Crippen LogP contribution in [0, 0.1) is 19.3 Å². The number of benzene rings is 1. The summed E-state index contributed by atoms with van der Waals surface area (Å²) >= 11 is 6.15. The molecule has 1 aromatic rings. The van der Waals surface area contributed by atoms with Crippen LogP contribution in [0.4, 0.5) is 0 Å². The first-order chi connectivity index (χ1) is 7.74. The van der Waals surface area contributed by atoms with E-state index in [2.05, 4.69) is 52.1 Å². The molecule has 0 aromatic heterocycles. The van der Waals surface area contributed by atoms with Gasteiger partial charge in [-0.1, -0.05) is 38.4 Å². The van der Waals surface area contributed by atoms with E-state index in [0.717, 1.165) is 17.0 Å². The first-order valence-corrected chi connectivity index (χ1v) is 6.56. The fraction of sp³-hybridized carbons (Fsp3) is 0.600. The molecule has 2 heteroatoms. The molecule has 1 rings (SSSR count). The van der Waals surface area contributed by atoms with Gasteiger partial charge in [-0.05, 0) is 55.5 Å². The third-order valence-electron chi connectivity index (χ3n) is 3.09. The molecule has 0 aliphatic carbocycles. The molecule has 0 fully saturated rings. The summed E-state index contributed by atoms with van der Waals surface area (Å²) in [5.41, 5.74) is 4.10. The molecule has 0 amide bonds. The molecule has 1 N–H and O–H groups in total. The van der Waals surface area contributed by atoms with E-state index < -0.39 is 0 Å². The van der Waals surface area contributed by atoms with Crippen LogP contribution in [0.25, 0.3) is 0 Å². The third kappa shape index (κ3) is 4.01. The molecule has 1 unspecified atom stereocenters. The lowest BCUT2D eigenvalue weighted by Gasteiger charge is -2.27. The Balaban J connectivity index is 3.08. The normalized spacial score (nSPS) is 13.8. The van der Waals surface area contributed by atoms with Crippen LogP contribution < -0.4 is 5.32 Å². The number of nitrogens with one attached hydrogen (secondary N) is 1. The zero-order chi connectivity index (χ0) is 13.2. The van der Waals surface area contributed by atoms with E-state index in [0.29, 0.717) is 11.5 Å². The lowest BCUT2D eigenvalue weighted by Crippen LogP contribution is -2.23. The van der Waals surface area contributed by atoms with Crippen LogP contribution in [-0.4, -0.2) is 7.05 Å².